The van der Waals surface area contributed by atoms with Gasteiger partial charge in [0.2, 0.25) is 0 Å². The number of thioether (sulfide) groups is 1. The number of carbonyl (C=O) groups excluding carboxylic acids is 1. The van der Waals surface area contributed by atoms with E-state index < -0.39 is 11.9 Å². The van der Waals surface area contributed by atoms with Crippen molar-refractivity contribution < 1.29 is 14.7 Å². The number of hydrogen-bond donors (Lipinski definition) is 2. The summed E-state index contributed by atoms with van der Waals surface area (Å²) in [6.45, 7) is 6.34. The Hall–Kier alpha value is -1.49. The SMILES string of the molecule is CCCC(CNC(=O)c1ccc(SC(C)C)cc1)C(=O)O. The molecule has 0 heterocycles. The maximum absolute atomic E-state index is 12.0. The van der Waals surface area contributed by atoms with Crippen LogP contribution in [0, 0.1) is 5.92 Å². The fourth-order valence-corrected chi connectivity index (χ4v) is 2.77. The number of rotatable bonds is 8. The molecule has 0 saturated carbocycles. The molecule has 21 heavy (non-hydrogen) atoms. The predicted octanol–water partition coefficient (Wildman–Crippen LogP) is 3.42. The van der Waals surface area contributed by atoms with Crippen LogP contribution < -0.4 is 5.32 Å². The Balaban J connectivity index is 2.57. The molecule has 0 fully saturated rings. The van der Waals surface area contributed by atoms with E-state index in [1.807, 2.05) is 19.1 Å². The zero-order chi connectivity index (χ0) is 15.8. The molecule has 0 spiro atoms. The van der Waals surface area contributed by atoms with Crippen LogP contribution in [0.2, 0.25) is 0 Å². The van der Waals surface area contributed by atoms with E-state index in [-0.39, 0.29) is 12.5 Å². The van der Waals surface area contributed by atoms with Gasteiger partial charge >= 0.3 is 5.97 Å². The van der Waals surface area contributed by atoms with Crippen molar-refractivity contribution in [2.45, 2.75) is 43.8 Å². The van der Waals surface area contributed by atoms with Gasteiger partial charge in [0.05, 0.1) is 5.92 Å². The summed E-state index contributed by atoms with van der Waals surface area (Å²) in [5.41, 5.74) is 0.559. The Morgan fingerprint density at radius 3 is 2.33 bits per heavy atom. The second kappa shape index (κ2) is 8.72. The Morgan fingerprint density at radius 1 is 1.24 bits per heavy atom. The van der Waals surface area contributed by atoms with Crippen molar-refractivity contribution in [3.8, 4) is 0 Å². The van der Waals surface area contributed by atoms with E-state index in [2.05, 4.69) is 19.2 Å². The average molecular weight is 309 g/mol. The van der Waals surface area contributed by atoms with Gasteiger partial charge in [-0.25, -0.2) is 0 Å². The molecule has 1 rings (SSSR count). The molecule has 4 nitrogen and oxygen atoms in total. The minimum atomic E-state index is -0.860. The monoisotopic (exact) mass is 309 g/mol. The quantitative estimate of drug-likeness (QED) is 0.722. The van der Waals surface area contributed by atoms with Gasteiger partial charge in [-0.2, -0.15) is 0 Å². The first kappa shape index (κ1) is 17.6. The van der Waals surface area contributed by atoms with Crippen molar-refractivity contribution in [1.82, 2.24) is 5.32 Å². The number of hydrogen-bond acceptors (Lipinski definition) is 3. The molecule has 1 unspecified atom stereocenters. The lowest BCUT2D eigenvalue weighted by atomic mass is 10.0. The Kier molecular flexibility index (Phi) is 7.29. The van der Waals surface area contributed by atoms with Gasteiger partial charge in [-0.15, -0.1) is 11.8 Å². The summed E-state index contributed by atoms with van der Waals surface area (Å²) in [6, 6.07) is 7.38. The van der Waals surface area contributed by atoms with E-state index >= 15 is 0 Å². The number of aliphatic carboxylic acids is 1. The fraction of sp³-hybridized carbons (Fsp3) is 0.500. The maximum atomic E-state index is 12.0. The first-order valence-corrected chi connectivity index (χ1v) is 8.09. The molecule has 0 saturated heterocycles. The van der Waals surface area contributed by atoms with Crippen molar-refractivity contribution in [3.05, 3.63) is 29.8 Å². The van der Waals surface area contributed by atoms with Gasteiger partial charge in [0.1, 0.15) is 0 Å². The van der Waals surface area contributed by atoms with Crippen LogP contribution in [-0.2, 0) is 4.79 Å². The molecule has 0 aliphatic rings. The number of carboxylic acid groups (broad SMARTS) is 1. The second-order valence-corrected chi connectivity index (χ2v) is 6.87. The van der Waals surface area contributed by atoms with Gasteiger partial charge in [-0.1, -0.05) is 27.2 Å². The normalized spacial score (nSPS) is 12.2. The molecule has 2 N–H and O–H groups in total. The molecule has 0 aromatic heterocycles. The van der Waals surface area contributed by atoms with Crippen LogP contribution in [0.15, 0.2) is 29.2 Å². The molecule has 1 aromatic rings. The molecule has 1 aromatic carbocycles. The standard InChI is InChI=1S/C16H23NO3S/c1-4-5-13(16(19)20)10-17-15(18)12-6-8-14(9-7-12)21-11(2)3/h6-9,11,13H,4-5,10H2,1-3H3,(H,17,18)(H,19,20). The van der Waals surface area contributed by atoms with Crippen LogP contribution >= 0.6 is 11.8 Å². The van der Waals surface area contributed by atoms with Crippen molar-refractivity contribution in [3.63, 3.8) is 0 Å². The highest BCUT2D eigenvalue weighted by Crippen LogP contribution is 2.22. The van der Waals surface area contributed by atoms with Crippen LogP contribution in [0.3, 0.4) is 0 Å². The molecule has 0 bridgehead atoms. The smallest absolute Gasteiger partial charge is 0.308 e. The van der Waals surface area contributed by atoms with E-state index in [9.17, 15) is 9.59 Å². The number of carboxylic acids is 1. The van der Waals surface area contributed by atoms with Crippen LogP contribution in [-0.4, -0.2) is 28.8 Å². The number of benzene rings is 1. The summed E-state index contributed by atoms with van der Waals surface area (Å²) in [6.07, 6.45) is 1.35. The fourth-order valence-electron chi connectivity index (χ4n) is 1.94. The predicted molar refractivity (Wildman–Crippen MR) is 85.8 cm³/mol. The van der Waals surface area contributed by atoms with Gasteiger partial charge in [0, 0.05) is 22.3 Å². The third-order valence-electron chi connectivity index (χ3n) is 2.98. The lowest BCUT2D eigenvalue weighted by Gasteiger charge is -2.12. The van der Waals surface area contributed by atoms with Crippen molar-refractivity contribution in [2.24, 2.45) is 5.92 Å². The van der Waals surface area contributed by atoms with E-state index in [0.29, 0.717) is 17.2 Å². The highest BCUT2D eigenvalue weighted by atomic mass is 32.2. The highest BCUT2D eigenvalue weighted by Gasteiger charge is 2.17. The highest BCUT2D eigenvalue weighted by molar-refractivity contribution is 7.99. The zero-order valence-electron chi connectivity index (χ0n) is 12.8. The molecule has 1 atom stereocenters. The summed E-state index contributed by atoms with van der Waals surface area (Å²) < 4.78 is 0. The first-order chi connectivity index (χ1) is 9.93. The minimum Gasteiger partial charge on any atom is -0.481 e. The van der Waals surface area contributed by atoms with Gasteiger partial charge in [0.15, 0.2) is 0 Å². The largest absolute Gasteiger partial charge is 0.481 e. The van der Waals surface area contributed by atoms with Crippen LogP contribution in [0.25, 0.3) is 0 Å². The lowest BCUT2D eigenvalue weighted by molar-refractivity contribution is -0.141. The first-order valence-electron chi connectivity index (χ1n) is 7.21. The summed E-state index contributed by atoms with van der Waals surface area (Å²) >= 11 is 1.74. The Labute approximate surface area is 130 Å². The van der Waals surface area contributed by atoms with Crippen LogP contribution in [0.1, 0.15) is 44.0 Å². The van der Waals surface area contributed by atoms with Crippen molar-refractivity contribution >= 4 is 23.6 Å². The Bertz CT molecular complexity index is 471. The molecule has 0 aliphatic heterocycles. The molecule has 1 amide bonds. The van der Waals surface area contributed by atoms with E-state index in [4.69, 9.17) is 5.11 Å². The molecule has 0 radical (unpaired) electrons. The minimum absolute atomic E-state index is 0.171. The van der Waals surface area contributed by atoms with Crippen molar-refractivity contribution in [1.29, 1.82) is 0 Å². The van der Waals surface area contributed by atoms with Crippen molar-refractivity contribution in [2.75, 3.05) is 6.54 Å². The van der Waals surface area contributed by atoms with E-state index in [0.717, 1.165) is 11.3 Å². The lowest BCUT2D eigenvalue weighted by Crippen LogP contribution is -2.32. The summed E-state index contributed by atoms with van der Waals surface area (Å²) in [5.74, 6) is -1.60. The topological polar surface area (TPSA) is 66.4 Å². The molecular formula is C16H23NO3S. The van der Waals surface area contributed by atoms with Gasteiger partial charge in [-0.05, 0) is 30.7 Å². The zero-order valence-corrected chi connectivity index (χ0v) is 13.6. The average Bonchev–Trinajstić information content (AvgIpc) is 2.43. The van der Waals surface area contributed by atoms with Gasteiger partial charge in [-0.3, -0.25) is 9.59 Å². The number of carbonyl (C=O) groups is 2. The third-order valence-corrected chi connectivity index (χ3v) is 4.00. The maximum Gasteiger partial charge on any atom is 0.308 e. The molecule has 5 heteroatoms. The second-order valence-electron chi connectivity index (χ2n) is 5.22. The Morgan fingerprint density at radius 2 is 1.86 bits per heavy atom. The van der Waals surface area contributed by atoms with E-state index in [1.165, 1.54) is 0 Å². The summed E-state index contributed by atoms with van der Waals surface area (Å²) in [5, 5.41) is 12.2. The van der Waals surface area contributed by atoms with Gasteiger partial charge in [0.25, 0.3) is 5.91 Å². The number of amides is 1. The van der Waals surface area contributed by atoms with E-state index in [1.54, 1.807) is 23.9 Å². The molecule has 0 aliphatic carbocycles. The van der Waals surface area contributed by atoms with Crippen LogP contribution in [0.5, 0.6) is 0 Å². The number of nitrogens with one attached hydrogen (secondary N) is 1. The summed E-state index contributed by atoms with van der Waals surface area (Å²) in [7, 11) is 0. The van der Waals surface area contributed by atoms with Gasteiger partial charge < -0.3 is 10.4 Å². The molecule has 116 valence electrons. The summed E-state index contributed by atoms with van der Waals surface area (Å²) in [4.78, 5) is 24.2. The molecular weight excluding hydrogens is 286 g/mol. The third kappa shape index (κ3) is 6.21. The van der Waals surface area contributed by atoms with Crippen LogP contribution in [0.4, 0.5) is 0 Å².